The number of unbranched alkanes of at least 4 members (excludes halogenated alkanes) is 1. The smallest absolute Gasteiger partial charge is 0.133 e. The highest BCUT2D eigenvalue weighted by Crippen LogP contribution is 2.45. The molecule has 3 rings (SSSR count). The second-order valence-electron chi connectivity index (χ2n) is 10.9. The van der Waals surface area contributed by atoms with Crippen LogP contribution < -0.4 is 10.1 Å². The van der Waals surface area contributed by atoms with E-state index < -0.39 is 5.60 Å². The minimum Gasteiger partial charge on any atom is -0.457 e. The Morgan fingerprint density at radius 2 is 1.81 bits per heavy atom. The second kappa shape index (κ2) is 14.1. The minimum absolute atomic E-state index is 0.141. The summed E-state index contributed by atoms with van der Waals surface area (Å²) in [5, 5.41) is 16.0. The van der Waals surface area contributed by atoms with Gasteiger partial charge in [0.1, 0.15) is 11.5 Å². The molecule has 1 saturated heterocycles. The summed E-state index contributed by atoms with van der Waals surface area (Å²) < 4.78 is 11.8. The van der Waals surface area contributed by atoms with E-state index in [9.17, 15) is 5.11 Å². The van der Waals surface area contributed by atoms with Crippen LogP contribution in [0.4, 0.5) is 0 Å². The van der Waals surface area contributed by atoms with Crippen LogP contribution in [0.25, 0.3) is 0 Å². The van der Waals surface area contributed by atoms with Gasteiger partial charge in [-0.1, -0.05) is 50.2 Å². The number of hydrogen-bond acceptors (Lipinski definition) is 5. The molecule has 36 heavy (non-hydrogen) atoms. The molecule has 0 radical (unpaired) electrons. The van der Waals surface area contributed by atoms with Crippen molar-refractivity contribution in [2.45, 2.75) is 70.9 Å². The number of nitrogens with zero attached hydrogens (tertiary/aromatic N) is 1. The molecule has 1 heterocycles. The van der Waals surface area contributed by atoms with E-state index in [0.29, 0.717) is 25.0 Å². The first kappa shape index (κ1) is 28.6. The van der Waals surface area contributed by atoms with Gasteiger partial charge in [0.05, 0.1) is 5.60 Å². The molecule has 5 nitrogen and oxygen atoms in total. The number of nitrogens with one attached hydrogen (secondary N) is 1. The van der Waals surface area contributed by atoms with Gasteiger partial charge in [0.15, 0.2) is 0 Å². The lowest BCUT2D eigenvalue weighted by Gasteiger charge is -2.46. The summed E-state index contributed by atoms with van der Waals surface area (Å²) in [6.45, 7) is 10.3. The molecule has 1 fully saturated rings. The highest BCUT2D eigenvalue weighted by molar-refractivity contribution is 5.44. The predicted octanol–water partition coefficient (Wildman–Crippen LogP) is 6.14. The summed E-state index contributed by atoms with van der Waals surface area (Å²) in [6, 6.07) is 16.7. The van der Waals surface area contributed by atoms with Gasteiger partial charge in [0.2, 0.25) is 0 Å². The van der Waals surface area contributed by atoms with E-state index in [2.05, 4.69) is 43.1 Å². The normalized spacial score (nSPS) is 19.2. The number of likely N-dealkylation sites (N-methyl/N-ethyl adjacent to an activating group) is 1. The van der Waals surface area contributed by atoms with Crippen LogP contribution in [0.1, 0.15) is 63.5 Å². The zero-order valence-corrected chi connectivity index (χ0v) is 23.1. The standard InChI is InChI=1S/C31H48N2O3/c1-24(2)21-27(22-32-4)33-19-12-14-26(23-33)31(34,18-10-11-20-35-5)28-15-7-9-17-30(28)36-29-16-8-6-13-25(29)3/h6-9,13,15-17,24,26-27,32,34H,10-12,14,18-23H2,1-5H3. The largest absolute Gasteiger partial charge is 0.457 e. The zero-order chi connectivity index (χ0) is 26.0. The lowest BCUT2D eigenvalue weighted by atomic mass is 9.73. The third-order valence-corrected chi connectivity index (χ3v) is 7.65. The fourth-order valence-electron chi connectivity index (χ4n) is 5.77. The van der Waals surface area contributed by atoms with Crippen LogP contribution in [0.3, 0.4) is 0 Å². The van der Waals surface area contributed by atoms with Gasteiger partial charge in [-0.2, -0.15) is 0 Å². The number of benzene rings is 2. The maximum Gasteiger partial charge on any atom is 0.133 e. The number of aryl methyl sites for hydroxylation is 1. The summed E-state index contributed by atoms with van der Waals surface area (Å²) in [4.78, 5) is 2.62. The number of para-hydroxylation sites is 2. The fraction of sp³-hybridized carbons (Fsp3) is 0.613. The molecule has 2 aromatic carbocycles. The maximum atomic E-state index is 12.6. The molecule has 2 aromatic rings. The molecule has 200 valence electrons. The average molecular weight is 497 g/mol. The van der Waals surface area contributed by atoms with Crippen molar-refractivity contribution in [2.75, 3.05) is 40.4 Å². The van der Waals surface area contributed by atoms with Crippen molar-refractivity contribution in [2.24, 2.45) is 11.8 Å². The predicted molar refractivity (Wildman–Crippen MR) is 149 cm³/mol. The number of likely N-dealkylation sites (tertiary alicyclic amines) is 1. The van der Waals surface area contributed by atoms with E-state index in [1.807, 2.05) is 43.4 Å². The first-order valence-electron chi connectivity index (χ1n) is 13.8. The van der Waals surface area contributed by atoms with Gasteiger partial charge in [-0.25, -0.2) is 0 Å². The van der Waals surface area contributed by atoms with Crippen LogP contribution in [0, 0.1) is 18.8 Å². The summed E-state index contributed by atoms with van der Waals surface area (Å²) in [6.07, 6.45) is 5.82. The van der Waals surface area contributed by atoms with Gasteiger partial charge in [-0.15, -0.1) is 0 Å². The molecule has 0 aromatic heterocycles. The molecule has 0 amide bonds. The van der Waals surface area contributed by atoms with Crippen molar-refractivity contribution in [1.82, 2.24) is 10.2 Å². The molecule has 3 unspecified atom stereocenters. The van der Waals surface area contributed by atoms with E-state index in [4.69, 9.17) is 9.47 Å². The van der Waals surface area contributed by atoms with Gasteiger partial charge in [0.25, 0.3) is 0 Å². The van der Waals surface area contributed by atoms with E-state index in [1.165, 1.54) is 0 Å². The average Bonchev–Trinajstić information content (AvgIpc) is 2.88. The van der Waals surface area contributed by atoms with Gasteiger partial charge in [-0.3, -0.25) is 4.90 Å². The highest BCUT2D eigenvalue weighted by Gasteiger charge is 2.43. The van der Waals surface area contributed by atoms with Gasteiger partial charge >= 0.3 is 0 Å². The quantitative estimate of drug-likeness (QED) is 0.308. The van der Waals surface area contributed by atoms with Gasteiger partial charge in [-0.05, 0) is 82.7 Å². The van der Waals surface area contributed by atoms with Gasteiger partial charge < -0.3 is 19.9 Å². The third kappa shape index (κ3) is 7.55. The van der Waals surface area contributed by atoms with Crippen molar-refractivity contribution in [3.8, 4) is 11.5 Å². The Balaban J connectivity index is 1.93. The van der Waals surface area contributed by atoms with Crippen LogP contribution >= 0.6 is 0 Å². The third-order valence-electron chi connectivity index (χ3n) is 7.65. The molecule has 0 saturated carbocycles. The van der Waals surface area contributed by atoms with Crippen LogP contribution in [0.5, 0.6) is 11.5 Å². The lowest BCUT2D eigenvalue weighted by molar-refractivity contribution is -0.0695. The Kier molecular flexibility index (Phi) is 11.2. The first-order valence-corrected chi connectivity index (χ1v) is 13.8. The second-order valence-corrected chi connectivity index (χ2v) is 10.9. The molecule has 0 spiro atoms. The molecule has 5 heteroatoms. The molecule has 1 aliphatic heterocycles. The molecule has 1 aliphatic rings. The fourth-order valence-corrected chi connectivity index (χ4v) is 5.77. The molecule has 0 bridgehead atoms. The summed E-state index contributed by atoms with van der Waals surface area (Å²) >= 11 is 0. The Hall–Kier alpha value is -1.92. The van der Waals surface area contributed by atoms with Crippen molar-refractivity contribution in [3.63, 3.8) is 0 Å². The van der Waals surface area contributed by atoms with E-state index in [-0.39, 0.29) is 5.92 Å². The number of aliphatic hydroxyl groups is 1. The first-order chi connectivity index (χ1) is 17.4. The molecule has 3 atom stereocenters. The summed E-state index contributed by atoms with van der Waals surface area (Å²) in [5.74, 6) is 2.37. The summed E-state index contributed by atoms with van der Waals surface area (Å²) in [7, 11) is 3.78. The number of rotatable bonds is 14. The number of piperidine rings is 1. The molecular formula is C31H48N2O3. The highest BCUT2D eigenvalue weighted by atomic mass is 16.5. The van der Waals surface area contributed by atoms with Crippen molar-refractivity contribution in [1.29, 1.82) is 0 Å². The number of methoxy groups -OCH3 is 1. The monoisotopic (exact) mass is 496 g/mol. The Morgan fingerprint density at radius 3 is 2.50 bits per heavy atom. The Morgan fingerprint density at radius 1 is 1.08 bits per heavy atom. The number of ether oxygens (including phenoxy) is 2. The maximum absolute atomic E-state index is 12.6. The van der Waals surface area contributed by atoms with E-state index in [0.717, 1.165) is 74.4 Å². The Bertz CT molecular complexity index is 918. The zero-order valence-electron chi connectivity index (χ0n) is 23.1. The van der Waals surface area contributed by atoms with Crippen LogP contribution in [-0.4, -0.2) is 56.4 Å². The Labute approximate surface area is 219 Å². The van der Waals surface area contributed by atoms with Crippen LogP contribution in [0.15, 0.2) is 48.5 Å². The number of hydrogen-bond donors (Lipinski definition) is 2. The van der Waals surface area contributed by atoms with Crippen molar-refractivity contribution in [3.05, 3.63) is 59.7 Å². The lowest BCUT2D eigenvalue weighted by Crippen LogP contribution is -2.52. The molecule has 0 aliphatic carbocycles. The minimum atomic E-state index is -0.965. The molecule has 2 N–H and O–H groups in total. The SMILES string of the molecule is CNCC(CC(C)C)N1CCCC(C(O)(CCCCOC)c2ccccc2Oc2ccccc2C)C1. The summed E-state index contributed by atoms with van der Waals surface area (Å²) in [5.41, 5.74) is 1.03. The van der Waals surface area contributed by atoms with Crippen LogP contribution in [-0.2, 0) is 10.3 Å². The molecular weight excluding hydrogens is 448 g/mol. The van der Waals surface area contributed by atoms with Crippen LogP contribution in [0.2, 0.25) is 0 Å². The van der Waals surface area contributed by atoms with Gasteiger partial charge in [0, 0.05) is 44.3 Å². The van der Waals surface area contributed by atoms with Crippen molar-refractivity contribution < 1.29 is 14.6 Å². The van der Waals surface area contributed by atoms with E-state index in [1.54, 1.807) is 7.11 Å². The van der Waals surface area contributed by atoms with E-state index >= 15 is 0 Å². The van der Waals surface area contributed by atoms with Crippen molar-refractivity contribution >= 4 is 0 Å². The topological polar surface area (TPSA) is 54.0 Å².